The van der Waals surface area contributed by atoms with E-state index in [1.54, 1.807) is 7.11 Å². The Labute approximate surface area is 134 Å². The maximum atomic E-state index is 6.05. The number of nitrogens with zero attached hydrogens (tertiary/aromatic N) is 3. The Morgan fingerprint density at radius 2 is 1.91 bits per heavy atom. The molecular weight excluding hydrogens is 298 g/mol. The monoisotopic (exact) mass is 313 g/mol. The number of benzene rings is 2. The number of methoxy groups -OCH3 is 1. The number of rotatable bonds is 4. The first-order chi connectivity index (χ1) is 10.7. The lowest BCUT2D eigenvalue weighted by Gasteiger charge is -2.20. The number of anilines is 1. The summed E-state index contributed by atoms with van der Waals surface area (Å²) in [6, 6.07) is 15.8. The van der Waals surface area contributed by atoms with Crippen LogP contribution in [0, 0.1) is 0 Å². The molecule has 1 heterocycles. The van der Waals surface area contributed by atoms with Gasteiger partial charge in [-0.05, 0) is 41.4 Å². The Balaban J connectivity index is 1.96. The van der Waals surface area contributed by atoms with Gasteiger partial charge in [0.1, 0.15) is 11.6 Å². The smallest absolute Gasteiger partial charge is 0.224 e. The third-order valence-electron chi connectivity index (χ3n) is 3.47. The van der Waals surface area contributed by atoms with Crippen LogP contribution in [-0.4, -0.2) is 24.1 Å². The van der Waals surface area contributed by atoms with Crippen LogP contribution in [-0.2, 0) is 6.54 Å². The largest absolute Gasteiger partial charge is 0.497 e. The molecule has 0 amide bonds. The van der Waals surface area contributed by atoms with E-state index in [0.29, 0.717) is 6.54 Å². The second-order valence-electron chi connectivity index (χ2n) is 5.04. The molecule has 0 N–H and O–H groups in total. The fourth-order valence-corrected chi connectivity index (χ4v) is 2.61. The fourth-order valence-electron chi connectivity index (χ4n) is 2.44. The first kappa shape index (κ1) is 14.6. The molecule has 0 atom stereocenters. The average molecular weight is 314 g/mol. The Bertz CT molecular complexity index is 807. The topological polar surface area (TPSA) is 38.2 Å². The molecule has 2 aromatic carbocycles. The summed E-state index contributed by atoms with van der Waals surface area (Å²) in [6.45, 7) is 0.703. The van der Waals surface area contributed by atoms with Gasteiger partial charge < -0.3 is 9.64 Å². The van der Waals surface area contributed by atoms with Crippen molar-refractivity contribution in [1.29, 1.82) is 0 Å². The summed E-state index contributed by atoms with van der Waals surface area (Å²) in [7, 11) is 3.66. The van der Waals surface area contributed by atoms with Crippen LogP contribution in [0.15, 0.2) is 48.5 Å². The van der Waals surface area contributed by atoms with Crippen molar-refractivity contribution in [3.63, 3.8) is 0 Å². The van der Waals surface area contributed by atoms with Gasteiger partial charge in [-0.2, -0.15) is 4.98 Å². The SMILES string of the molecule is COc1cccc(CN(C)c2nc(Cl)nc3ccccc23)c1. The minimum atomic E-state index is 0.256. The van der Waals surface area contributed by atoms with Gasteiger partial charge >= 0.3 is 0 Å². The molecule has 3 rings (SSSR count). The highest BCUT2D eigenvalue weighted by atomic mass is 35.5. The second-order valence-corrected chi connectivity index (χ2v) is 5.38. The molecule has 0 saturated heterocycles. The van der Waals surface area contributed by atoms with E-state index in [0.717, 1.165) is 28.0 Å². The van der Waals surface area contributed by atoms with E-state index in [-0.39, 0.29) is 5.28 Å². The highest BCUT2D eigenvalue weighted by molar-refractivity contribution is 6.28. The van der Waals surface area contributed by atoms with Crippen LogP contribution >= 0.6 is 11.6 Å². The van der Waals surface area contributed by atoms with Crippen molar-refractivity contribution in [2.75, 3.05) is 19.1 Å². The number of halogens is 1. The zero-order valence-electron chi connectivity index (χ0n) is 12.5. The van der Waals surface area contributed by atoms with E-state index in [1.807, 2.05) is 49.5 Å². The minimum absolute atomic E-state index is 0.256. The van der Waals surface area contributed by atoms with E-state index in [1.165, 1.54) is 0 Å². The number of hydrogen-bond acceptors (Lipinski definition) is 4. The number of para-hydroxylation sites is 1. The van der Waals surface area contributed by atoms with Crippen molar-refractivity contribution < 1.29 is 4.74 Å². The van der Waals surface area contributed by atoms with Gasteiger partial charge in [-0.25, -0.2) is 4.98 Å². The van der Waals surface area contributed by atoms with Gasteiger partial charge in [-0.1, -0.05) is 24.3 Å². The number of fused-ring (bicyclic) bond motifs is 1. The molecule has 0 saturated carbocycles. The Hall–Kier alpha value is -2.33. The van der Waals surface area contributed by atoms with E-state index >= 15 is 0 Å². The lowest BCUT2D eigenvalue weighted by molar-refractivity contribution is 0.414. The van der Waals surface area contributed by atoms with Gasteiger partial charge in [0.25, 0.3) is 0 Å². The van der Waals surface area contributed by atoms with Crippen LogP contribution in [0.3, 0.4) is 0 Å². The highest BCUT2D eigenvalue weighted by Gasteiger charge is 2.11. The molecule has 112 valence electrons. The summed E-state index contributed by atoms with van der Waals surface area (Å²) >= 11 is 6.05. The van der Waals surface area contributed by atoms with Gasteiger partial charge in [0.15, 0.2) is 0 Å². The first-order valence-electron chi connectivity index (χ1n) is 6.94. The molecule has 0 radical (unpaired) electrons. The normalized spacial score (nSPS) is 10.7. The van der Waals surface area contributed by atoms with Gasteiger partial charge in [0, 0.05) is 19.0 Å². The summed E-state index contributed by atoms with van der Waals surface area (Å²) in [5, 5.41) is 1.24. The third kappa shape index (κ3) is 2.97. The molecule has 22 heavy (non-hydrogen) atoms. The van der Waals surface area contributed by atoms with Crippen molar-refractivity contribution in [3.05, 3.63) is 59.4 Å². The van der Waals surface area contributed by atoms with Crippen molar-refractivity contribution >= 4 is 28.3 Å². The van der Waals surface area contributed by atoms with Crippen LogP contribution < -0.4 is 9.64 Å². The van der Waals surface area contributed by atoms with E-state index in [2.05, 4.69) is 20.9 Å². The predicted molar refractivity (Wildman–Crippen MR) is 89.6 cm³/mol. The molecule has 0 spiro atoms. The van der Waals surface area contributed by atoms with Crippen LogP contribution in [0.25, 0.3) is 10.9 Å². The summed E-state index contributed by atoms with van der Waals surface area (Å²) in [6.07, 6.45) is 0. The van der Waals surface area contributed by atoms with Gasteiger partial charge in [-0.15, -0.1) is 0 Å². The van der Waals surface area contributed by atoms with Gasteiger partial charge in [-0.3, -0.25) is 0 Å². The Morgan fingerprint density at radius 1 is 1.09 bits per heavy atom. The quantitative estimate of drug-likeness (QED) is 0.684. The van der Waals surface area contributed by atoms with Crippen molar-refractivity contribution in [2.24, 2.45) is 0 Å². The maximum absolute atomic E-state index is 6.05. The van der Waals surface area contributed by atoms with Crippen LogP contribution in [0.1, 0.15) is 5.56 Å². The van der Waals surface area contributed by atoms with Crippen LogP contribution in [0.2, 0.25) is 5.28 Å². The number of aromatic nitrogens is 2. The molecule has 3 aromatic rings. The second kappa shape index (κ2) is 6.20. The standard InChI is InChI=1S/C17H16ClN3O/c1-21(11-12-6-5-7-13(10-12)22-2)16-14-8-3-4-9-15(14)19-17(18)20-16/h3-10H,11H2,1-2H3. The molecule has 1 aromatic heterocycles. The van der Waals surface area contributed by atoms with E-state index in [9.17, 15) is 0 Å². The molecule has 0 aliphatic carbocycles. The van der Waals surface area contributed by atoms with Gasteiger partial charge in [0.2, 0.25) is 5.28 Å². The molecule has 0 unspecified atom stereocenters. The summed E-state index contributed by atoms with van der Waals surface area (Å²) < 4.78 is 5.27. The lowest BCUT2D eigenvalue weighted by Crippen LogP contribution is -2.18. The molecule has 0 fully saturated rings. The molecule has 0 aliphatic rings. The predicted octanol–water partition coefficient (Wildman–Crippen LogP) is 3.93. The van der Waals surface area contributed by atoms with Crippen molar-refractivity contribution in [1.82, 2.24) is 9.97 Å². The maximum Gasteiger partial charge on any atom is 0.224 e. The first-order valence-corrected chi connectivity index (χ1v) is 7.31. The van der Waals surface area contributed by atoms with E-state index in [4.69, 9.17) is 16.3 Å². The molecule has 0 bridgehead atoms. The number of ether oxygens (including phenoxy) is 1. The molecule has 0 aliphatic heterocycles. The zero-order chi connectivity index (χ0) is 15.5. The van der Waals surface area contributed by atoms with Crippen molar-refractivity contribution in [3.8, 4) is 5.75 Å². The average Bonchev–Trinajstić information content (AvgIpc) is 2.54. The molecule has 5 heteroatoms. The third-order valence-corrected chi connectivity index (χ3v) is 3.64. The van der Waals surface area contributed by atoms with E-state index < -0.39 is 0 Å². The minimum Gasteiger partial charge on any atom is -0.497 e. The molecule has 4 nitrogen and oxygen atoms in total. The van der Waals surface area contributed by atoms with Crippen LogP contribution in [0.4, 0.5) is 5.82 Å². The zero-order valence-corrected chi connectivity index (χ0v) is 13.2. The fraction of sp³-hybridized carbons (Fsp3) is 0.176. The Kier molecular flexibility index (Phi) is 4.11. The molecular formula is C17H16ClN3O. The summed E-state index contributed by atoms with van der Waals surface area (Å²) in [4.78, 5) is 10.7. The summed E-state index contributed by atoms with van der Waals surface area (Å²) in [5.41, 5.74) is 1.98. The van der Waals surface area contributed by atoms with Gasteiger partial charge in [0.05, 0.1) is 12.6 Å². The number of hydrogen-bond donors (Lipinski definition) is 0. The highest BCUT2D eigenvalue weighted by Crippen LogP contribution is 2.26. The summed E-state index contributed by atoms with van der Waals surface area (Å²) in [5.74, 6) is 1.66. The van der Waals surface area contributed by atoms with Crippen molar-refractivity contribution in [2.45, 2.75) is 6.54 Å². The lowest BCUT2D eigenvalue weighted by atomic mass is 10.2. The van der Waals surface area contributed by atoms with Crippen LogP contribution in [0.5, 0.6) is 5.75 Å². The Morgan fingerprint density at radius 3 is 2.73 bits per heavy atom.